The second kappa shape index (κ2) is 6.08. The van der Waals surface area contributed by atoms with Gasteiger partial charge in [0.1, 0.15) is 12.4 Å². The van der Waals surface area contributed by atoms with Crippen LogP contribution >= 0.6 is 0 Å². The van der Waals surface area contributed by atoms with Gasteiger partial charge in [-0.05, 0) is 49.1 Å². The van der Waals surface area contributed by atoms with Gasteiger partial charge in [-0.25, -0.2) is 4.39 Å². The van der Waals surface area contributed by atoms with E-state index in [-0.39, 0.29) is 11.7 Å². The molecule has 1 aromatic heterocycles. The molecule has 118 valence electrons. The van der Waals surface area contributed by atoms with Crippen LogP contribution < -0.4 is 5.73 Å². The van der Waals surface area contributed by atoms with E-state index < -0.39 is 0 Å². The number of benzene rings is 1. The summed E-state index contributed by atoms with van der Waals surface area (Å²) in [7, 11) is 0. The van der Waals surface area contributed by atoms with Gasteiger partial charge in [-0.3, -0.25) is 4.79 Å². The average molecular weight is 303 g/mol. The highest BCUT2D eigenvalue weighted by Gasteiger charge is 2.27. The number of rotatable bonds is 3. The highest BCUT2D eigenvalue weighted by Crippen LogP contribution is 2.23. The lowest BCUT2D eigenvalue weighted by Gasteiger charge is -2.36. The number of piperidine rings is 1. The van der Waals surface area contributed by atoms with Crippen molar-refractivity contribution in [2.75, 3.05) is 19.6 Å². The molecule has 22 heavy (non-hydrogen) atoms. The summed E-state index contributed by atoms with van der Waals surface area (Å²) in [6.07, 6.45) is 2.85. The number of halogens is 1. The van der Waals surface area contributed by atoms with E-state index in [1.807, 2.05) is 21.7 Å². The summed E-state index contributed by atoms with van der Waals surface area (Å²) in [4.78, 5) is 14.4. The molecule has 3 rings (SSSR count). The van der Waals surface area contributed by atoms with Crippen molar-refractivity contribution >= 4 is 16.8 Å². The van der Waals surface area contributed by atoms with Crippen LogP contribution in [0.25, 0.3) is 10.9 Å². The standard InChI is InChI=1S/C17H22FN3O/c1-12-4-6-21(10-14(12)9-19)17(22)11-20-7-5-13-8-15(18)2-3-16(13)20/h2-3,5,7-8,12,14H,4,6,9-11,19H2,1H3. The molecule has 1 fully saturated rings. The fraction of sp³-hybridized carbons (Fsp3) is 0.471. The van der Waals surface area contributed by atoms with Crippen LogP contribution in [0.4, 0.5) is 4.39 Å². The Morgan fingerprint density at radius 2 is 2.23 bits per heavy atom. The number of nitrogens with two attached hydrogens (primary N) is 1. The molecule has 1 aromatic carbocycles. The second-order valence-corrected chi connectivity index (χ2v) is 6.25. The maximum atomic E-state index is 13.2. The van der Waals surface area contributed by atoms with Gasteiger partial charge in [0.15, 0.2) is 0 Å². The summed E-state index contributed by atoms with van der Waals surface area (Å²) in [6.45, 7) is 4.65. The zero-order valence-electron chi connectivity index (χ0n) is 12.8. The minimum Gasteiger partial charge on any atom is -0.341 e. The zero-order chi connectivity index (χ0) is 15.7. The Balaban J connectivity index is 1.73. The Hall–Kier alpha value is -1.88. The van der Waals surface area contributed by atoms with Gasteiger partial charge in [0, 0.05) is 30.2 Å². The van der Waals surface area contributed by atoms with E-state index in [9.17, 15) is 9.18 Å². The number of hydrogen-bond acceptors (Lipinski definition) is 2. The summed E-state index contributed by atoms with van der Waals surface area (Å²) >= 11 is 0. The summed E-state index contributed by atoms with van der Waals surface area (Å²) < 4.78 is 15.1. The van der Waals surface area contributed by atoms with Crippen molar-refractivity contribution in [1.82, 2.24) is 9.47 Å². The number of likely N-dealkylation sites (tertiary alicyclic amines) is 1. The normalized spacial score (nSPS) is 22.2. The summed E-state index contributed by atoms with van der Waals surface area (Å²) in [5, 5.41) is 0.819. The first-order chi connectivity index (χ1) is 10.6. The molecular formula is C17H22FN3O. The average Bonchev–Trinajstić information content (AvgIpc) is 2.89. The molecule has 2 heterocycles. The van der Waals surface area contributed by atoms with Gasteiger partial charge in [0.25, 0.3) is 0 Å². The molecule has 1 amide bonds. The minimum absolute atomic E-state index is 0.104. The van der Waals surface area contributed by atoms with Crippen LogP contribution in [-0.4, -0.2) is 35.0 Å². The number of nitrogens with zero attached hydrogens (tertiary/aromatic N) is 2. The van der Waals surface area contributed by atoms with E-state index in [0.29, 0.717) is 24.9 Å². The molecule has 1 saturated heterocycles. The molecule has 4 nitrogen and oxygen atoms in total. The van der Waals surface area contributed by atoms with Gasteiger partial charge in [-0.1, -0.05) is 6.92 Å². The van der Waals surface area contributed by atoms with E-state index in [2.05, 4.69) is 6.92 Å². The van der Waals surface area contributed by atoms with Crippen LogP contribution in [0.2, 0.25) is 0 Å². The van der Waals surface area contributed by atoms with Crippen molar-refractivity contribution in [3.8, 4) is 0 Å². The monoisotopic (exact) mass is 303 g/mol. The third-order valence-electron chi connectivity index (χ3n) is 4.81. The van der Waals surface area contributed by atoms with Crippen molar-refractivity contribution in [1.29, 1.82) is 0 Å². The van der Waals surface area contributed by atoms with Crippen molar-refractivity contribution in [2.24, 2.45) is 17.6 Å². The van der Waals surface area contributed by atoms with Crippen LogP contribution in [0.3, 0.4) is 0 Å². The first-order valence-corrected chi connectivity index (χ1v) is 7.80. The van der Waals surface area contributed by atoms with Crippen LogP contribution in [0.15, 0.2) is 30.5 Å². The van der Waals surface area contributed by atoms with Crippen LogP contribution in [0.5, 0.6) is 0 Å². The largest absolute Gasteiger partial charge is 0.341 e. The van der Waals surface area contributed by atoms with Crippen molar-refractivity contribution < 1.29 is 9.18 Å². The van der Waals surface area contributed by atoms with Gasteiger partial charge in [0.05, 0.1) is 0 Å². The molecule has 0 saturated carbocycles. The molecule has 2 unspecified atom stereocenters. The van der Waals surface area contributed by atoms with Gasteiger partial charge >= 0.3 is 0 Å². The summed E-state index contributed by atoms with van der Waals surface area (Å²) in [5.74, 6) is 0.803. The molecule has 0 spiro atoms. The summed E-state index contributed by atoms with van der Waals surface area (Å²) in [6, 6.07) is 6.48. The lowest BCUT2D eigenvalue weighted by atomic mass is 9.87. The maximum absolute atomic E-state index is 13.2. The number of fused-ring (bicyclic) bond motifs is 1. The summed E-state index contributed by atoms with van der Waals surface area (Å²) in [5.41, 5.74) is 6.69. The zero-order valence-corrected chi connectivity index (χ0v) is 12.8. The lowest BCUT2D eigenvalue weighted by Crippen LogP contribution is -2.46. The first-order valence-electron chi connectivity index (χ1n) is 7.80. The number of carbonyl (C=O) groups is 1. The molecule has 0 aliphatic carbocycles. The molecule has 2 N–H and O–H groups in total. The van der Waals surface area contributed by atoms with Gasteiger partial charge in [0.2, 0.25) is 5.91 Å². The Kier molecular flexibility index (Phi) is 4.16. The van der Waals surface area contributed by atoms with Crippen LogP contribution in [0, 0.1) is 17.7 Å². The van der Waals surface area contributed by atoms with E-state index in [1.54, 1.807) is 6.07 Å². The lowest BCUT2D eigenvalue weighted by molar-refractivity contribution is -0.134. The first kappa shape index (κ1) is 15.0. The SMILES string of the molecule is CC1CCN(C(=O)Cn2ccc3cc(F)ccc32)CC1CN. The van der Waals surface area contributed by atoms with Gasteiger partial charge in [-0.15, -0.1) is 0 Å². The third kappa shape index (κ3) is 2.86. The van der Waals surface area contributed by atoms with Crippen molar-refractivity contribution in [3.63, 3.8) is 0 Å². The predicted octanol–water partition coefficient (Wildman–Crippen LogP) is 2.22. The molecule has 5 heteroatoms. The third-order valence-corrected chi connectivity index (χ3v) is 4.81. The highest BCUT2D eigenvalue weighted by atomic mass is 19.1. The van der Waals surface area contributed by atoms with Crippen LogP contribution in [-0.2, 0) is 11.3 Å². The molecule has 2 atom stereocenters. The smallest absolute Gasteiger partial charge is 0.242 e. The topological polar surface area (TPSA) is 51.3 Å². The second-order valence-electron chi connectivity index (χ2n) is 6.25. The number of aromatic nitrogens is 1. The van der Waals surface area contributed by atoms with Crippen LogP contribution in [0.1, 0.15) is 13.3 Å². The fourth-order valence-electron chi connectivity index (χ4n) is 3.24. The Morgan fingerprint density at radius 1 is 1.41 bits per heavy atom. The Bertz CT molecular complexity index is 682. The Labute approximate surface area is 129 Å². The molecular weight excluding hydrogens is 281 g/mol. The van der Waals surface area contributed by atoms with Gasteiger partial charge in [-0.2, -0.15) is 0 Å². The number of amides is 1. The van der Waals surface area contributed by atoms with Crippen molar-refractivity contribution in [2.45, 2.75) is 19.9 Å². The molecule has 2 aromatic rings. The van der Waals surface area contributed by atoms with Gasteiger partial charge < -0.3 is 15.2 Å². The molecule has 0 radical (unpaired) electrons. The molecule has 1 aliphatic heterocycles. The van der Waals surface area contributed by atoms with Crippen molar-refractivity contribution in [3.05, 3.63) is 36.3 Å². The van der Waals surface area contributed by atoms with E-state index in [4.69, 9.17) is 5.73 Å². The molecule has 1 aliphatic rings. The quantitative estimate of drug-likeness (QED) is 0.945. The highest BCUT2D eigenvalue weighted by molar-refractivity contribution is 5.83. The number of hydrogen-bond donors (Lipinski definition) is 1. The fourth-order valence-corrected chi connectivity index (χ4v) is 3.24. The molecule has 0 bridgehead atoms. The van der Waals surface area contributed by atoms with E-state index >= 15 is 0 Å². The Morgan fingerprint density at radius 3 is 3.00 bits per heavy atom. The number of carbonyl (C=O) groups excluding carboxylic acids is 1. The van der Waals surface area contributed by atoms with E-state index in [0.717, 1.165) is 30.4 Å². The predicted molar refractivity (Wildman–Crippen MR) is 84.8 cm³/mol. The minimum atomic E-state index is -0.257. The maximum Gasteiger partial charge on any atom is 0.242 e. The van der Waals surface area contributed by atoms with E-state index in [1.165, 1.54) is 12.1 Å².